The van der Waals surface area contributed by atoms with Crippen LogP contribution >= 0.6 is 15.6 Å². The number of phosphoric acid groups is 2. The second-order valence-electron chi connectivity index (χ2n) is 28.5. The minimum atomic E-state index is -4.97. The van der Waals surface area contributed by atoms with Crippen LogP contribution in [0.2, 0.25) is 0 Å². The fourth-order valence-corrected chi connectivity index (χ4v) is 12.8. The largest absolute Gasteiger partial charge is 0.472 e. The molecule has 566 valence electrons. The van der Waals surface area contributed by atoms with Crippen molar-refractivity contribution in [1.82, 2.24) is 0 Å². The molecule has 0 saturated carbocycles. The van der Waals surface area contributed by atoms with E-state index in [1.54, 1.807) is 0 Å². The van der Waals surface area contributed by atoms with Crippen LogP contribution < -0.4 is 0 Å². The summed E-state index contributed by atoms with van der Waals surface area (Å²) in [4.78, 5) is 72.9. The van der Waals surface area contributed by atoms with Crippen LogP contribution in [0.3, 0.4) is 0 Å². The predicted octanol–water partition coefficient (Wildman–Crippen LogP) is 22.1. The van der Waals surface area contributed by atoms with Gasteiger partial charge in [0.25, 0.3) is 0 Å². The van der Waals surface area contributed by atoms with E-state index in [9.17, 15) is 43.2 Å². The van der Waals surface area contributed by atoms with Gasteiger partial charge in [-0.1, -0.05) is 317 Å². The summed E-state index contributed by atoms with van der Waals surface area (Å²) < 4.78 is 68.5. The van der Waals surface area contributed by atoms with E-state index in [-0.39, 0.29) is 25.7 Å². The molecule has 0 amide bonds. The van der Waals surface area contributed by atoms with Crippen LogP contribution in [0, 0.1) is 17.8 Å². The van der Waals surface area contributed by atoms with Crippen molar-refractivity contribution in [3.63, 3.8) is 0 Å². The smallest absolute Gasteiger partial charge is 0.462 e. The average Bonchev–Trinajstić information content (AvgIpc) is 1.09. The summed E-state index contributed by atoms with van der Waals surface area (Å²) in [6.07, 6.45) is 56.3. The number of aliphatic hydroxyl groups is 1. The molecule has 17 nitrogen and oxygen atoms in total. The molecular weight excluding hydrogens is 1260 g/mol. The number of hydrogen-bond donors (Lipinski definition) is 3. The molecule has 0 rings (SSSR count). The number of rotatable bonds is 73. The number of esters is 4. The van der Waals surface area contributed by atoms with Gasteiger partial charge in [0.1, 0.15) is 19.3 Å². The van der Waals surface area contributed by atoms with Crippen molar-refractivity contribution in [3.8, 4) is 0 Å². The highest BCUT2D eigenvalue weighted by atomic mass is 31.2. The van der Waals surface area contributed by atoms with Crippen molar-refractivity contribution in [2.45, 2.75) is 388 Å². The van der Waals surface area contributed by atoms with E-state index in [4.69, 9.17) is 37.0 Å². The molecular formula is C77H146O17P2. The van der Waals surface area contributed by atoms with Crippen LogP contribution in [-0.2, 0) is 65.4 Å². The molecule has 3 N–H and O–H groups in total. The SMILES string of the molecule is CCCCCC/C=C\C=C/CCCCCCCC(=O)O[C@H](COC(=O)CCCCCCCCCCCCCCC(C)C)COP(=O)(O)OC[C@@H](O)COP(=O)(O)OC[C@@H](COC(=O)CCCCCCCCCCC(C)C)OC(=O)CCCCCCCCCCCCCCC(C)C. The van der Waals surface area contributed by atoms with Crippen molar-refractivity contribution in [1.29, 1.82) is 0 Å². The fourth-order valence-electron chi connectivity index (χ4n) is 11.2. The van der Waals surface area contributed by atoms with Crippen molar-refractivity contribution in [2.75, 3.05) is 39.6 Å². The number of carbonyl (C=O) groups excluding carboxylic acids is 4. The summed E-state index contributed by atoms with van der Waals surface area (Å²) in [5.74, 6) is 0.133. The summed E-state index contributed by atoms with van der Waals surface area (Å²) in [7, 11) is -9.93. The summed E-state index contributed by atoms with van der Waals surface area (Å²) >= 11 is 0. The fraction of sp³-hybridized carbons (Fsp3) is 0.896. The second kappa shape index (κ2) is 67.1. The maximum atomic E-state index is 13.1. The van der Waals surface area contributed by atoms with Gasteiger partial charge in [-0.15, -0.1) is 0 Å². The Kier molecular flexibility index (Phi) is 65.3. The van der Waals surface area contributed by atoms with Gasteiger partial charge in [0.05, 0.1) is 26.4 Å². The van der Waals surface area contributed by atoms with Gasteiger partial charge in [-0.05, 0) is 69.1 Å². The first-order valence-electron chi connectivity index (χ1n) is 39.2. The summed E-state index contributed by atoms with van der Waals surface area (Å²) in [5.41, 5.74) is 0. The molecule has 0 saturated heterocycles. The second-order valence-corrected chi connectivity index (χ2v) is 31.4. The Morgan fingerprint density at radius 3 is 0.844 bits per heavy atom. The number of carbonyl (C=O) groups is 4. The van der Waals surface area contributed by atoms with Crippen molar-refractivity contribution < 1.29 is 80.2 Å². The predicted molar refractivity (Wildman–Crippen MR) is 390 cm³/mol. The number of aliphatic hydroxyl groups excluding tert-OH is 1. The van der Waals surface area contributed by atoms with E-state index in [0.29, 0.717) is 25.7 Å². The third-order valence-corrected chi connectivity index (χ3v) is 19.2. The van der Waals surface area contributed by atoms with Gasteiger partial charge < -0.3 is 33.8 Å². The monoisotopic (exact) mass is 1410 g/mol. The van der Waals surface area contributed by atoms with Gasteiger partial charge in [0.2, 0.25) is 0 Å². The minimum absolute atomic E-state index is 0.0847. The number of allylic oxidation sites excluding steroid dienone is 4. The molecule has 0 spiro atoms. The highest BCUT2D eigenvalue weighted by Crippen LogP contribution is 2.45. The molecule has 0 heterocycles. The Hall–Kier alpha value is -2.46. The van der Waals surface area contributed by atoms with Gasteiger partial charge in [0, 0.05) is 25.7 Å². The van der Waals surface area contributed by atoms with E-state index < -0.39 is 97.5 Å². The van der Waals surface area contributed by atoms with Crippen LogP contribution in [0.1, 0.15) is 370 Å². The Morgan fingerprint density at radius 2 is 0.562 bits per heavy atom. The zero-order valence-electron chi connectivity index (χ0n) is 62.3. The third-order valence-electron chi connectivity index (χ3n) is 17.3. The topological polar surface area (TPSA) is 237 Å². The normalized spacial score (nSPS) is 14.2. The van der Waals surface area contributed by atoms with Crippen molar-refractivity contribution in [2.24, 2.45) is 17.8 Å². The van der Waals surface area contributed by atoms with Gasteiger partial charge in [-0.25, -0.2) is 9.13 Å². The van der Waals surface area contributed by atoms with Crippen LogP contribution in [0.25, 0.3) is 0 Å². The first kappa shape index (κ1) is 93.5. The van der Waals surface area contributed by atoms with E-state index in [1.165, 1.54) is 167 Å². The summed E-state index contributed by atoms with van der Waals surface area (Å²) in [6.45, 7) is 11.8. The molecule has 5 atom stereocenters. The molecule has 0 aromatic carbocycles. The lowest BCUT2D eigenvalue weighted by molar-refractivity contribution is -0.161. The lowest BCUT2D eigenvalue weighted by Gasteiger charge is -2.21. The van der Waals surface area contributed by atoms with Gasteiger partial charge in [0.15, 0.2) is 12.2 Å². The van der Waals surface area contributed by atoms with Crippen LogP contribution in [0.15, 0.2) is 24.3 Å². The molecule has 0 aromatic rings. The molecule has 0 aliphatic carbocycles. The molecule has 96 heavy (non-hydrogen) atoms. The number of hydrogen-bond acceptors (Lipinski definition) is 15. The standard InChI is InChI=1S/C77H146O17P2/c1-8-9-10-11-12-13-14-15-16-17-25-30-39-46-53-60-76(81)93-72(64-87-74(79)58-51-44-37-29-24-20-18-22-27-34-41-48-55-68(2)3)66-91-95(83,84)89-62-71(78)63-90-96(85,86)92-67-73(65-88-75(80)59-52-45-38-33-32-36-43-50-57-70(6)7)94-77(82)61-54-47-40-31-26-21-19-23-28-35-42-49-56-69(4)5/h13-16,68-73,78H,8-12,17-67H2,1-7H3,(H,83,84)(H,85,86)/b14-13-,16-15-/t71-,72-,73-/m1/s1. The molecule has 0 aromatic heterocycles. The molecule has 0 aliphatic rings. The van der Waals surface area contributed by atoms with E-state index >= 15 is 0 Å². The van der Waals surface area contributed by atoms with Gasteiger partial charge >= 0.3 is 39.5 Å². The molecule has 2 unspecified atom stereocenters. The maximum Gasteiger partial charge on any atom is 0.472 e. The van der Waals surface area contributed by atoms with Crippen LogP contribution in [0.4, 0.5) is 0 Å². The number of unbranched alkanes of at least 4 members (excludes halogenated alkanes) is 38. The van der Waals surface area contributed by atoms with Crippen LogP contribution in [0.5, 0.6) is 0 Å². The Labute approximate surface area is 586 Å². The van der Waals surface area contributed by atoms with Crippen molar-refractivity contribution >= 4 is 39.5 Å². The molecule has 19 heteroatoms. The quantitative estimate of drug-likeness (QED) is 0.0169. The lowest BCUT2D eigenvalue weighted by atomic mass is 10.0. The zero-order chi connectivity index (χ0) is 70.9. The summed E-state index contributed by atoms with van der Waals surface area (Å²) in [6, 6.07) is 0. The Balaban J connectivity index is 5.30. The van der Waals surface area contributed by atoms with Gasteiger partial charge in [-0.2, -0.15) is 0 Å². The molecule has 0 bridgehead atoms. The lowest BCUT2D eigenvalue weighted by Crippen LogP contribution is -2.30. The molecule has 0 aliphatic heterocycles. The van der Waals surface area contributed by atoms with Gasteiger partial charge in [-0.3, -0.25) is 37.3 Å². The Bertz CT molecular complexity index is 1960. The number of phosphoric ester groups is 2. The van der Waals surface area contributed by atoms with Crippen LogP contribution in [-0.4, -0.2) is 96.7 Å². The first-order valence-corrected chi connectivity index (χ1v) is 42.2. The zero-order valence-corrected chi connectivity index (χ0v) is 64.1. The minimum Gasteiger partial charge on any atom is -0.462 e. The average molecular weight is 1410 g/mol. The van der Waals surface area contributed by atoms with Crippen molar-refractivity contribution in [3.05, 3.63) is 24.3 Å². The first-order chi connectivity index (χ1) is 46.2. The highest BCUT2D eigenvalue weighted by molar-refractivity contribution is 7.47. The van der Waals surface area contributed by atoms with E-state index in [0.717, 1.165) is 120 Å². The highest BCUT2D eigenvalue weighted by Gasteiger charge is 2.30. The number of ether oxygens (including phenoxy) is 4. The Morgan fingerprint density at radius 1 is 0.323 bits per heavy atom. The van der Waals surface area contributed by atoms with E-state index in [1.807, 2.05) is 0 Å². The maximum absolute atomic E-state index is 13.1. The molecule has 0 fully saturated rings. The molecule has 0 radical (unpaired) electrons. The third kappa shape index (κ3) is 70.0. The van der Waals surface area contributed by atoms with E-state index in [2.05, 4.69) is 72.8 Å². The summed E-state index contributed by atoms with van der Waals surface area (Å²) in [5, 5.41) is 10.6.